The predicted molar refractivity (Wildman–Crippen MR) is 109 cm³/mol. The van der Waals surface area contributed by atoms with Crippen molar-refractivity contribution in [1.82, 2.24) is 9.13 Å². The van der Waals surface area contributed by atoms with Crippen LogP contribution in [0.15, 0.2) is 46.1 Å². The fraction of sp³-hybridized carbons (Fsp3) is 0.222. The average molecular weight is 485 g/mol. The Bertz CT molecular complexity index is 1130. The summed E-state index contributed by atoms with van der Waals surface area (Å²) < 4.78 is 17.5. The average Bonchev–Trinajstić information content (AvgIpc) is 2.63. The van der Waals surface area contributed by atoms with Crippen molar-refractivity contribution in [2.24, 2.45) is 7.05 Å². The lowest BCUT2D eigenvalue weighted by molar-refractivity contribution is 0.0805. The van der Waals surface area contributed by atoms with Gasteiger partial charge in [0.25, 0.3) is 11.1 Å². The summed E-state index contributed by atoms with van der Waals surface area (Å²) in [6, 6.07) is 7.36. The summed E-state index contributed by atoms with van der Waals surface area (Å²) in [6.07, 6.45) is 0.343. The number of rotatable bonds is 5. The zero-order valence-corrected chi connectivity index (χ0v) is 16.5. The highest BCUT2D eigenvalue weighted by molar-refractivity contribution is 14.1. The molecule has 0 fully saturated rings. The van der Waals surface area contributed by atoms with E-state index < -0.39 is 24.1 Å². The molecule has 0 aliphatic rings. The third-order valence-corrected chi connectivity index (χ3v) is 4.86. The van der Waals surface area contributed by atoms with Crippen LogP contribution >= 0.6 is 22.6 Å². The summed E-state index contributed by atoms with van der Waals surface area (Å²) in [5.41, 5.74) is -0.149. The van der Waals surface area contributed by atoms with Crippen molar-refractivity contribution in [1.29, 1.82) is 0 Å². The summed E-state index contributed by atoms with van der Waals surface area (Å²) in [6.45, 7) is -0.595. The number of hydrogen-bond donors (Lipinski definition) is 3. The van der Waals surface area contributed by atoms with Gasteiger partial charge in [-0.2, -0.15) is 0 Å². The third-order valence-electron chi connectivity index (χ3n) is 4.19. The fourth-order valence-electron chi connectivity index (χ4n) is 2.77. The van der Waals surface area contributed by atoms with E-state index in [1.54, 1.807) is 12.1 Å². The standard InChI is InChI=1S/C18H17FIN3O4/c1-22-15-4-5-23(8-11(25)9-24)18(27)17(15)14(7-16(22)26)21-13-3-2-10(20)6-12(13)19/h2-7,11,21,24-25H,8-9H2,1H3. The number of fused-ring (bicyclic) bond motifs is 1. The van der Waals surface area contributed by atoms with Crippen LogP contribution in [0.25, 0.3) is 10.9 Å². The van der Waals surface area contributed by atoms with Gasteiger partial charge in [-0.3, -0.25) is 9.59 Å². The van der Waals surface area contributed by atoms with Crippen LogP contribution in [0.2, 0.25) is 0 Å². The Balaban J connectivity index is 2.21. The maximum Gasteiger partial charge on any atom is 0.262 e. The second-order valence-electron chi connectivity index (χ2n) is 6.07. The van der Waals surface area contributed by atoms with E-state index in [0.29, 0.717) is 9.09 Å². The number of anilines is 2. The van der Waals surface area contributed by atoms with Gasteiger partial charge in [-0.05, 0) is 46.9 Å². The summed E-state index contributed by atoms with van der Waals surface area (Å²) in [5.74, 6) is -0.511. The minimum atomic E-state index is -1.10. The lowest BCUT2D eigenvalue weighted by atomic mass is 10.2. The van der Waals surface area contributed by atoms with Crippen molar-refractivity contribution in [2.75, 3.05) is 11.9 Å². The number of aryl methyl sites for hydroxylation is 1. The lowest BCUT2D eigenvalue weighted by Gasteiger charge is -2.15. The zero-order valence-electron chi connectivity index (χ0n) is 14.3. The van der Waals surface area contributed by atoms with Crippen molar-refractivity contribution in [2.45, 2.75) is 12.6 Å². The molecule has 1 aromatic carbocycles. The summed E-state index contributed by atoms with van der Waals surface area (Å²) in [4.78, 5) is 25.2. The summed E-state index contributed by atoms with van der Waals surface area (Å²) in [7, 11) is 1.53. The van der Waals surface area contributed by atoms with E-state index in [1.807, 2.05) is 22.6 Å². The van der Waals surface area contributed by atoms with Crippen LogP contribution < -0.4 is 16.4 Å². The van der Waals surface area contributed by atoms with E-state index in [9.17, 15) is 19.1 Å². The first kappa shape index (κ1) is 19.5. The van der Waals surface area contributed by atoms with Gasteiger partial charge in [0.15, 0.2) is 0 Å². The van der Waals surface area contributed by atoms with E-state index in [0.717, 1.165) is 0 Å². The highest BCUT2D eigenvalue weighted by Crippen LogP contribution is 2.25. The molecule has 7 nitrogen and oxygen atoms in total. The van der Waals surface area contributed by atoms with Crippen molar-refractivity contribution in [3.05, 3.63) is 66.6 Å². The Morgan fingerprint density at radius 1 is 1.22 bits per heavy atom. The minimum absolute atomic E-state index is 0.106. The molecule has 9 heteroatoms. The SMILES string of the molecule is Cn1c(=O)cc(Nc2ccc(I)cc2F)c2c(=O)n(CC(O)CO)ccc21. The largest absolute Gasteiger partial charge is 0.394 e. The van der Waals surface area contributed by atoms with Crippen LogP contribution in [-0.2, 0) is 13.6 Å². The first-order valence-corrected chi connectivity index (χ1v) is 9.14. The van der Waals surface area contributed by atoms with Gasteiger partial charge in [0.05, 0.1) is 41.5 Å². The van der Waals surface area contributed by atoms with Crippen LogP contribution in [0.1, 0.15) is 0 Å². The lowest BCUT2D eigenvalue weighted by Crippen LogP contribution is -2.30. The molecule has 1 unspecified atom stereocenters. The van der Waals surface area contributed by atoms with Crippen molar-refractivity contribution in [3.8, 4) is 0 Å². The Hall–Kier alpha value is -2.24. The first-order valence-electron chi connectivity index (χ1n) is 8.06. The topological polar surface area (TPSA) is 96.5 Å². The summed E-state index contributed by atoms with van der Waals surface area (Å²) in [5, 5.41) is 21.7. The quantitative estimate of drug-likeness (QED) is 0.477. The normalized spacial score (nSPS) is 12.3. The van der Waals surface area contributed by atoms with Crippen molar-refractivity contribution in [3.63, 3.8) is 0 Å². The Labute approximate surface area is 166 Å². The first-order chi connectivity index (χ1) is 12.8. The van der Waals surface area contributed by atoms with E-state index in [2.05, 4.69) is 5.32 Å². The smallest absolute Gasteiger partial charge is 0.262 e. The number of benzene rings is 1. The highest BCUT2D eigenvalue weighted by atomic mass is 127. The minimum Gasteiger partial charge on any atom is -0.394 e. The molecule has 2 aromatic heterocycles. The number of halogens is 2. The Morgan fingerprint density at radius 3 is 2.63 bits per heavy atom. The zero-order chi connectivity index (χ0) is 19.7. The van der Waals surface area contributed by atoms with E-state index >= 15 is 0 Å². The number of aliphatic hydroxyl groups excluding tert-OH is 2. The molecule has 3 N–H and O–H groups in total. The van der Waals surface area contributed by atoms with Crippen LogP contribution in [-0.4, -0.2) is 32.1 Å². The molecule has 0 amide bonds. The van der Waals surface area contributed by atoms with Crippen LogP contribution in [0.4, 0.5) is 15.8 Å². The van der Waals surface area contributed by atoms with E-state index in [-0.39, 0.29) is 28.9 Å². The highest BCUT2D eigenvalue weighted by Gasteiger charge is 2.15. The van der Waals surface area contributed by atoms with Gasteiger partial charge in [0.2, 0.25) is 0 Å². The molecule has 0 aliphatic carbocycles. The van der Waals surface area contributed by atoms with Gasteiger partial charge in [-0.15, -0.1) is 0 Å². The maximum absolute atomic E-state index is 14.2. The van der Waals surface area contributed by atoms with Crippen LogP contribution in [0, 0.1) is 9.39 Å². The molecule has 142 valence electrons. The van der Waals surface area contributed by atoms with E-state index in [1.165, 1.54) is 40.6 Å². The molecule has 0 spiro atoms. The molecule has 1 atom stereocenters. The molecule has 27 heavy (non-hydrogen) atoms. The number of nitrogens with zero attached hydrogens (tertiary/aromatic N) is 2. The van der Waals surface area contributed by atoms with Gasteiger partial charge in [-0.25, -0.2) is 4.39 Å². The van der Waals surface area contributed by atoms with Gasteiger partial charge in [0, 0.05) is 22.9 Å². The fourth-order valence-corrected chi connectivity index (χ4v) is 3.22. The molecule has 0 bridgehead atoms. The second kappa shape index (κ2) is 7.79. The van der Waals surface area contributed by atoms with Crippen molar-refractivity contribution < 1.29 is 14.6 Å². The molecule has 0 aliphatic heterocycles. The molecule has 0 saturated heterocycles. The van der Waals surface area contributed by atoms with Crippen molar-refractivity contribution >= 4 is 44.9 Å². The van der Waals surface area contributed by atoms with Gasteiger partial charge < -0.3 is 24.7 Å². The molecular formula is C18H17FIN3O4. The number of pyridine rings is 2. The maximum atomic E-state index is 14.2. The number of hydrogen-bond acceptors (Lipinski definition) is 5. The van der Waals surface area contributed by atoms with Gasteiger partial charge in [-0.1, -0.05) is 0 Å². The van der Waals surface area contributed by atoms with E-state index in [4.69, 9.17) is 5.11 Å². The molecule has 2 heterocycles. The predicted octanol–water partition coefficient (Wildman–Crippen LogP) is 1.54. The monoisotopic (exact) mass is 485 g/mol. The van der Waals surface area contributed by atoms with Gasteiger partial charge in [0.1, 0.15) is 5.82 Å². The molecule has 0 radical (unpaired) electrons. The summed E-state index contributed by atoms with van der Waals surface area (Å²) >= 11 is 1.98. The van der Waals surface area contributed by atoms with Crippen LogP contribution in [0.5, 0.6) is 0 Å². The molecule has 0 saturated carbocycles. The van der Waals surface area contributed by atoms with Crippen LogP contribution in [0.3, 0.4) is 0 Å². The molecular weight excluding hydrogens is 468 g/mol. The number of aromatic nitrogens is 2. The number of nitrogens with one attached hydrogen (secondary N) is 1. The third kappa shape index (κ3) is 3.89. The molecule has 3 rings (SSSR count). The van der Waals surface area contributed by atoms with Gasteiger partial charge >= 0.3 is 0 Å². The second-order valence-corrected chi connectivity index (χ2v) is 7.32. The Kier molecular flexibility index (Phi) is 5.63. The molecule has 3 aromatic rings. The Morgan fingerprint density at radius 2 is 1.96 bits per heavy atom. The number of aliphatic hydroxyl groups is 2.